The van der Waals surface area contributed by atoms with E-state index in [4.69, 9.17) is 0 Å². The molecule has 3 nitrogen and oxygen atoms in total. The average molecular weight is 230 g/mol. The number of nitrogens with one attached hydrogen (secondary N) is 1. The highest BCUT2D eigenvalue weighted by molar-refractivity contribution is 8.01. The molecule has 1 saturated heterocycles. The number of carbonyl (C=O) groups is 1. The van der Waals surface area contributed by atoms with E-state index >= 15 is 0 Å². The van der Waals surface area contributed by atoms with Crippen molar-refractivity contribution in [1.82, 2.24) is 10.2 Å². The maximum Gasteiger partial charge on any atom is 0.232 e. The summed E-state index contributed by atoms with van der Waals surface area (Å²) >= 11 is 1.73. The second-order valence-corrected chi connectivity index (χ2v) is 6.84. The van der Waals surface area contributed by atoms with Crippen molar-refractivity contribution in [3.8, 4) is 0 Å². The number of hydrogen-bond donors (Lipinski definition) is 1. The Hall–Kier alpha value is -0.220. The van der Waals surface area contributed by atoms with Crippen LogP contribution in [0.15, 0.2) is 0 Å². The van der Waals surface area contributed by atoms with E-state index in [1.165, 1.54) is 0 Å². The van der Waals surface area contributed by atoms with E-state index in [9.17, 15) is 4.79 Å². The van der Waals surface area contributed by atoms with E-state index in [1.807, 2.05) is 4.90 Å². The number of piperazine rings is 1. The summed E-state index contributed by atoms with van der Waals surface area (Å²) < 4.78 is 0.174. The molecule has 1 fully saturated rings. The van der Waals surface area contributed by atoms with Gasteiger partial charge in [-0.05, 0) is 6.92 Å². The molecule has 0 spiro atoms. The van der Waals surface area contributed by atoms with Crippen molar-refractivity contribution in [3.05, 3.63) is 0 Å². The fraction of sp³-hybridized carbons (Fsp3) is 0.909. The molecule has 1 atom stereocenters. The number of nitrogens with zero attached hydrogens (tertiary/aromatic N) is 1. The second kappa shape index (κ2) is 5.21. The fourth-order valence-electron chi connectivity index (χ4n) is 1.57. The molecule has 0 saturated carbocycles. The van der Waals surface area contributed by atoms with Gasteiger partial charge in [-0.2, -0.15) is 0 Å². The maximum absolute atomic E-state index is 11.9. The first-order valence-corrected chi connectivity index (χ1v) is 6.53. The average Bonchev–Trinajstić information content (AvgIpc) is 2.14. The molecule has 1 aliphatic rings. The highest BCUT2D eigenvalue weighted by Gasteiger charge is 2.24. The smallest absolute Gasteiger partial charge is 0.232 e. The molecule has 1 rings (SSSR count). The van der Waals surface area contributed by atoms with E-state index in [2.05, 4.69) is 33.0 Å². The van der Waals surface area contributed by atoms with Crippen LogP contribution in [0.1, 0.15) is 27.7 Å². The molecule has 1 N–H and O–H groups in total. The van der Waals surface area contributed by atoms with E-state index < -0.39 is 0 Å². The maximum atomic E-state index is 11.9. The minimum Gasteiger partial charge on any atom is -0.337 e. The van der Waals surface area contributed by atoms with Gasteiger partial charge in [0.15, 0.2) is 0 Å². The van der Waals surface area contributed by atoms with Crippen molar-refractivity contribution < 1.29 is 4.79 Å². The van der Waals surface area contributed by atoms with Crippen LogP contribution in [0.5, 0.6) is 0 Å². The lowest BCUT2D eigenvalue weighted by Gasteiger charge is -2.34. The number of carbonyl (C=O) groups excluding carboxylic acids is 1. The van der Waals surface area contributed by atoms with Gasteiger partial charge in [-0.15, -0.1) is 11.8 Å². The number of rotatable bonds is 2. The molecule has 0 bridgehead atoms. The molecule has 0 aromatic heterocycles. The van der Waals surface area contributed by atoms with Crippen molar-refractivity contribution in [2.45, 2.75) is 38.5 Å². The van der Waals surface area contributed by atoms with Gasteiger partial charge in [0, 0.05) is 30.4 Å². The Bertz CT molecular complexity index is 225. The molecule has 1 amide bonds. The predicted molar refractivity (Wildman–Crippen MR) is 66.3 cm³/mol. The molecular formula is C11H22N2OS. The summed E-state index contributed by atoms with van der Waals surface area (Å²) in [7, 11) is 0. The van der Waals surface area contributed by atoms with E-state index in [0.717, 1.165) is 19.6 Å². The second-order valence-electron chi connectivity index (χ2n) is 5.04. The van der Waals surface area contributed by atoms with Crippen LogP contribution in [-0.2, 0) is 4.79 Å². The zero-order valence-corrected chi connectivity index (χ0v) is 11.0. The topological polar surface area (TPSA) is 32.3 Å². The van der Waals surface area contributed by atoms with Gasteiger partial charge in [0.05, 0.1) is 5.75 Å². The van der Waals surface area contributed by atoms with Gasteiger partial charge in [0.25, 0.3) is 0 Å². The van der Waals surface area contributed by atoms with Gasteiger partial charge in [-0.25, -0.2) is 0 Å². The van der Waals surface area contributed by atoms with Crippen LogP contribution in [0.3, 0.4) is 0 Å². The molecule has 0 aromatic rings. The molecular weight excluding hydrogens is 208 g/mol. The van der Waals surface area contributed by atoms with Gasteiger partial charge in [-0.3, -0.25) is 4.79 Å². The van der Waals surface area contributed by atoms with Crippen LogP contribution in [0.2, 0.25) is 0 Å². The van der Waals surface area contributed by atoms with Crippen LogP contribution in [-0.4, -0.2) is 47.0 Å². The van der Waals surface area contributed by atoms with Crippen molar-refractivity contribution >= 4 is 17.7 Å². The lowest BCUT2D eigenvalue weighted by molar-refractivity contribution is -0.131. The summed E-state index contributed by atoms with van der Waals surface area (Å²) in [5, 5.41) is 3.29. The van der Waals surface area contributed by atoms with Gasteiger partial charge >= 0.3 is 0 Å². The van der Waals surface area contributed by atoms with E-state index in [-0.39, 0.29) is 10.7 Å². The van der Waals surface area contributed by atoms with Crippen molar-refractivity contribution in [3.63, 3.8) is 0 Å². The zero-order chi connectivity index (χ0) is 11.5. The van der Waals surface area contributed by atoms with Crippen LogP contribution in [0.4, 0.5) is 0 Å². The van der Waals surface area contributed by atoms with Crippen LogP contribution in [0.25, 0.3) is 0 Å². The molecule has 1 heterocycles. The Morgan fingerprint density at radius 3 is 2.73 bits per heavy atom. The Labute approximate surface area is 97.0 Å². The van der Waals surface area contributed by atoms with Gasteiger partial charge in [-0.1, -0.05) is 20.8 Å². The lowest BCUT2D eigenvalue weighted by atomic mass is 10.2. The highest BCUT2D eigenvalue weighted by atomic mass is 32.2. The Morgan fingerprint density at radius 1 is 1.53 bits per heavy atom. The third-order valence-corrected chi connectivity index (χ3v) is 3.71. The van der Waals surface area contributed by atoms with Crippen molar-refractivity contribution in [2.24, 2.45) is 0 Å². The highest BCUT2D eigenvalue weighted by Crippen LogP contribution is 2.23. The quantitative estimate of drug-likeness (QED) is 0.777. The Kier molecular flexibility index (Phi) is 4.46. The Morgan fingerprint density at radius 2 is 2.20 bits per heavy atom. The first-order valence-electron chi connectivity index (χ1n) is 5.54. The third-order valence-electron chi connectivity index (χ3n) is 2.45. The van der Waals surface area contributed by atoms with E-state index in [1.54, 1.807) is 11.8 Å². The Balaban J connectivity index is 2.39. The van der Waals surface area contributed by atoms with Gasteiger partial charge in [0.1, 0.15) is 0 Å². The summed E-state index contributed by atoms with van der Waals surface area (Å²) in [4.78, 5) is 13.9. The van der Waals surface area contributed by atoms with Crippen LogP contribution < -0.4 is 5.32 Å². The lowest BCUT2D eigenvalue weighted by Crippen LogP contribution is -2.52. The van der Waals surface area contributed by atoms with E-state index in [0.29, 0.717) is 11.8 Å². The normalized spacial score (nSPS) is 22.9. The molecule has 0 aromatic carbocycles. The summed E-state index contributed by atoms with van der Waals surface area (Å²) in [5.41, 5.74) is 0. The standard InChI is InChI=1S/C11H22N2OS/c1-9-7-12-5-6-13(9)10(14)8-15-11(2,3)4/h9,12H,5-8H2,1-4H3. The molecule has 0 aliphatic carbocycles. The first kappa shape index (κ1) is 12.8. The largest absolute Gasteiger partial charge is 0.337 e. The molecule has 88 valence electrons. The SMILES string of the molecule is CC1CNCCN1C(=O)CSC(C)(C)C. The summed E-state index contributed by atoms with van der Waals surface area (Å²) in [6, 6.07) is 0.340. The number of thioether (sulfide) groups is 1. The molecule has 0 radical (unpaired) electrons. The third kappa shape index (κ3) is 4.43. The summed E-state index contributed by atoms with van der Waals surface area (Å²) in [6.07, 6.45) is 0. The predicted octanol–water partition coefficient (Wildman–Crippen LogP) is 1.34. The first-order chi connectivity index (χ1) is 6.90. The summed E-state index contributed by atoms with van der Waals surface area (Å²) in [6.45, 7) is 11.2. The van der Waals surface area contributed by atoms with Crippen LogP contribution >= 0.6 is 11.8 Å². The number of amides is 1. The molecule has 1 aliphatic heterocycles. The fourth-order valence-corrected chi connectivity index (χ4v) is 2.30. The van der Waals surface area contributed by atoms with Gasteiger partial charge in [0.2, 0.25) is 5.91 Å². The minimum absolute atomic E-state index is 0.174. The van der Waals surface area contributed by atoms with Crippen molar-refractivity contribution in [1.29, 1.82) is 0 Å². The van der Waals surface area contributed by atoms with Crippen molar-refractivity contribution in [2.75, 3.05) is 25.4 Å². The van der Waals surface area contributed by atoms with Gasteiger partial charge < -0.3 is 10.2 Å². The molecule has 1 unspecified atom stereocenters. The summed E-state index contributed by atoms with van der Waals surface area (Å²) in [5.74, 6) is 0.886. The molecule has 4 heteroatoms. The minimum atomic E-state index is 0.174. The zero-order valence-electron chi connectivity index (χ0n) is 10.2. The molecule has 15 heavy (non-hydrogen) atoms. The monoisotopic (exact) mass is 230 g/mol. The number of hydrogen-bond acceptors (Lipinski definition) is 3. The van der Waals surface area contributed by atoms with Crippen LogP contribution in [0, 0.1) is 0 Å².